The molecular formula is C23H32O10. The van der Waals surface area contributed by atoms with E-state index >= 15 is 0 Å². The van der Waals surface area contributed by atoms with Gasteiger partial charge in [0.05, 0.1) is 18.6 Å². The number of hydrogen-bond donors (Lipinski definition) is 5. The van der Waals surface area contributed by atoms with E-state index in [1.54, 1.807) is 6.07 Å². The van der Waals surface area contributed by atoms with Crippen LogP contribution in [0.2, 0.25) is 0 Å². The smallest absolute Gasteiger partial charge is 0.383 e. The molecule has 5 atom stereocenters. The molecule has 0 saturated carbocycles. The van der Waals surface area contributed by atoms with E-state index in [2.05, 4.69) is 6.92 Å². The fraction of sp³-hybridized carbons (Fsp3) is 0.609. The molecule has 1 saturated heterocycles. The van der Waals surface area contributed by atoms with E-state index in [4.69, 9.17) is 18.6 Å². The molecule has 184 valence electrons. The third-order valence-electron chi connectivity index (χ3n) is 5.66. The number of aliphatic hydroxyl groups is 4. The zero-order chi connectivity index (χ0) is 24.0. The van der Waals surface area contributed by atoms with Crippen LogP contribution in [0.25, 0.3) is 11.0 Å². The first-order chi connectivity index (χ1) is 15.9. The molecule has 2 heterocycles. The largest absolute Gasteiger partial charge is 0.504 e. The number of aliphatic hydroxyl groups excluding tert-OH is 4. The second-order valence-corrected chi connectivity index (χ2v) is 8.16. The van der Waals surface area contributed by atoms with Crippen molar-refractivity contribution in [3.63, 3.8) is 0 Å². The summed E-state index contributed by atoms with van der Waals surface area (Å²) < 4.78 is 21.5. The van der Waals surface area contributed by atoms with Crippen LogP contribution in [0.15, 0.2) is 27.4 Å². The zero-order valence-electron chi connectivity index (χ0n) is 18.6. The first-order valence-electron chi connectivity index (χ1n) is 11.3. The first-order valence-corrected chi connectivity index (χ1v) is 11.3. The Bertz CT molecular complexity index is 956. The summed E-state index contributed by atoms with van der Waals surface area (Å²) >= 11 is 0. The van der Waals surface area contributed by atoms with E-state index in [-0.39, 0.29) is 11.0 Å². The van der Waals surface area contributed by atoms with Crippen LogP contribution < -0.4 is 15.1 Å². The van der Waals surface area contributed by atoms with Crippen LogP contribution in [-0.2, 0) is 4.74 Å². The number of fused-ring (bicyclic) bond motifs is 1. The summed E-state index contributed by atoms with van der Waals surface area (Å²) in [6, 6.07) is 4.62. The van der Waals surface area contributed by atoms with Crippen molar-refractivity contribution in [2.45, 2.75) is 76.2 Å². The number of aromatic hydroxyl groups is 1. The summed E-state index contributed by atoms with van der Waals surface area (Å²) in [5, 5.41) is 49.9. The highest BCUT2D eigenvalue weighted by molar-refractivity contribution is 5.86. The molecule has 33 heavy (non-hydrogen) atoms. The second kappa shape index (κ2) is 11.7. The van der Waals surface area contributed by atoms with Gasteiger partial charge in [-0.25, -0.2) is 4.79 Å². The first kappa shape index (κ1) is 25.3. The van der Waals surface area contributed by atoms with Crippen molar-refractivity contribution >= 4 is 11.0 Å². The predicted molar refractivity (Wildman–Crippen MR) is 117 cm³/mol. The lowest BCUT2D eigenvalue weighted by Gasteiger charge is -2.39. The van der Waals surface area contributed by atoms with Crippen molar-refractivity contribution in [2.24, 2.45) is 0 Å². The van der Waals surface area contributed by atoms with Gasteiger partial charge in [0.1, 0.15) is 35.7 Å². The summed E-state index contributed by atoms with van der Waals surface area (Å²) in [6.07, 6.45) is -1.10. The van der Waals surface area contributed by atoms with Gasteiger partial charge in [-0.15, -0.1) is 0 Å². The molecule has 1 aromatic carbocycles. The van der Waals surface area contributed by atoms with E-state index in [1.807, 2.05) is 0 Å². The Morgan fingerprint density at radius 3 is 2.45 bits per heavy atom. The fourth-order valence-electron chi connectivity index (χ4n) is 3.69. The molecule has 5 N–H and O–H groups in total. The van der Waals surface area contributed by atoms with E-state index in [0.29, 0.717) is 12.4 Å². The molecular weight excluding hydrogens is 436 g/mol. The van der Waals surface area contributed by atoms with Crippen LogP contribution in [0.3, 0.4) is 0 Å². The van der Waals surface area contributed by atoms with E-state index in [9.17, 15) is 30.3 Å². The molecule has 10 nitrogen and oxygen atoms in total. The number of hydrogen-bond acceptors (Lipinski definition) is 10. The van der Waals surface area contributed by atoms with Gasteiger partial charge in [-0.1, -0.05) is 39.0 Å². The van der Waals surface area contributed by atoms with Gasteiger partial charge in [0.25, 0.3) is 5.75 Å². The molecule has 0 spiro atoms. The summed E-state index contributed by atoms with van der Waals surface area (Å²) in [5.41, 5.74) is -0.955. The summed E-state index contributed by atoms with van der Waals surface area (Å²) in [4.78, 5) is 12.4. The van der Waals surface area contributed by atoms with Gasteiger partial charge in [0, 0.05) is 6.07 Å². The Labute approximate surface area is 190 Å². The van der Waals surface area contributed by atoms with Crippen molar-refractivity contribution in [2.75, 3.05) is 13.2 Å². The molecule has 1 fully saturated rings. The Morgan fingerprint density at radius 2 is 1.73 bits per heavy atom. The highest BCUT2D eigenvalue weighted by atomic mass is 16.7. The van der Waals surface area contributed by atoms with Gasteiger partial charge in [-0.3, -0.25) is 0 Å². The Hall–Kier alpha value is -2.37. The number of ether oxygens (including phenoxy) is 3. The second-order valence-electron chi connectivity index (χ2n) is 8.16. The maximum atomic E-state index is 12.4. The van der Waals surface area contributed by atoms with Crippen LogP contribution in [0.5, 0.6) is 17.2 Å². The van der Waals surface area contributed by atoms with Crippen molar-refractivity contribution in [3.05, 3.63) is 28.6 Å². The summed E-state index contributed by atoms with van der Waals surface area (Å²) in [7, 11) is 0. The Kier molecular flexibility index (Phi) is 8.93. The molecule has 1 aliphatic heterocycles. The minimum atomic E-state index is -1.74. The normalized spacial score (nSPS) is 25.3. The Balaban J connectivity index is 1.70. The van der Waals surface area contributed by atoms with Crippen molar-refractivity contribution in [1.82, 2.24) is 0 Å². The third kappa shape index (κ3) is 5.96. The quantitative estimate of drug-likeness (QED) is 0.241. The van der Waals surface area contributed by atoms with Crippen LogP contribution in [0.1, 0.15) is 45.4 Å². The number of benzene rings is 1. The van der Waals surface area contributed by atoms with Gasteiger partial charge in [-0.05, 0) is 18.6 Å². The average molecular weight is 468 g/mol. The monoisotopic (exact) mass is 468 g/mol. The van der Waals surface area contributed by atoms with Crippen molar-refractivity contribution < 1.29 is 44.2 Å². The maximum absolute atomic E-state index is 12.4. The van der Waals surface area contributed by atoms with Crippen LogP contribution in [0.4, 0.5) is 0 Å². The molecule has 0 radical (unpaired) electrons. The van der Waals surface area contributed by atoms with Gasteiger partial charge < -0.3 is 44.2 Å². The van der Waals surface area contributed by atoms with Crippen molar-refractivity contribution in [1.29, 1.82) is 0 Å². The zero-order valence-corrected chi connectivity index (χ0v) is 18.6. The van der Waals surface area contributed by atoms with Crippen LogP contribution in [0, 0.1) is 0 Å². The predicted octanol–water partition coefficient (Wildman–Crippen LogP) is 1.42. The lowest BCUT2D eigenvalue weighted by Crippen LogP contribution is -2.60. The highest BCUT2D eigenvalue weighted by Gasteiger charge is 2.45. The van der Waals surface area contributed by atoms with Gasteiger partial charge in [-0.2, -0.15) is 0 Å². The average Bonchev–Trinajstić information content (AvgIpc) is 2.80. The van der Waals surface area contributed by atoms with Crippen LogP contribution >= 0.6 is 0 Å². The van der Waals surface area contributed by atoms with Gasteiger partial charge >= 0.3 is 5.63 Å². The minimum Gasteiger partial charge on any atom is -0.504 e. The van der Waals surface area contributed by atoms with Crippen molar-refractivity contribution in [3.8, 4) is 17.2 Å². The van der Waals surface area contributed by atoms with Gasteiger partial charge in [0.2, 0.25) is 6.29 Å². The summed E-state index contributed by atoms with van der Waals surface area (Å²) in [6.45, 7) is 2.03. The summed E-state index contributed by atoms with van der Waals surface area (Å²) in [5.74, 6) is -0.686. The number of unbranched alkanes of at least 4 members (excludes halogenated alkanes) is 5. The van der Waals surface area contributed by atoms with E-state index in [1.165, 1.54) is 31.4 Å². The van der Waals surface area contributed by atoms with E-state index in [0.717, 1.165) is 19.3 Å². The topological polar surface area (TPSA) is 159 Å². The number of rotatable bonds is 11. The molecule has 1 aromatic heterocycles. The SMILES string of the molecule is CCCCCCCCOc1ccc2c(O)c(O[C@@H]3O[C@H](CO)[C@@H](O)[C@H](O)[C@H]3O)c(=O)oc2c1. The molecule has 1 aliphatic rings. The molecule has 0 aliphatic carbocycles. The minimum absolute atomic E-state index is 0.0825. The highest BCUT2D eigenvalue weighted by Crippen LogP contribution is 2.35. The van der Waals surface area contributed by atoms with E-state index < -0.39 is 54.4 Å². The third-order valence-corrected chi connectivity index (χ3v) is 5.66. The molecule has 0 unspecified atom stereocenters. The lowest BCUT2D eigenvalue weighted by atomic mass is 9.99. The van der Waals surface area contributed by atoms with Crippen LogP contribution in [-0.4, -0.2) is 69.5 Å². The Morgan fingerprint density at radius 1 is 1.00 bits per heavy atom. The van der Waals surface area contributed by atoms with Gasteiger partial charge in [0.15, 0.2) is 5.75 Å². The standard InChI is InChI=1S/C23H32O10/c1-2-3-4-5-6-7-10-30-13-8-9-14-15(11-13)31-22(29)21(17(14)25)33-23-20(28)19(27)18(26)16(12-24)32-23/h8-9,11,16,18-20,23-28H,2-7,10,12H2,1H3/t16-,18-,19+,20-,23+/m1/s1. The molecule has 0 amide bonds. The molecule has 3 rings (SSSR count). The fourth-order valence-corrected chi connectivity index (χ4v) is 3.69. The maximum Gasteiger partial charge on any atom is 0.383 e. The molecule has 10 heteroatoms. The molecule has 2 aromatic rings. The molecule has 0 bridgehead atoms. The lowest BCUT2D eigenvalue weighted by molar-refractivity contribution is -0.278.